The lowest BCUT2D eigenvalue weighted by Crippen LogP contribution is -2.31. The van der Waals surface area contributed by atoms with Gasteiger partial charge < -0.3 is 5.11 Å². The van der Waals surface area contributed by atoms with Crippen LogP contribution in [-0.2, 0) is 14.6 Å². The van der Waals surface area contributed by atoms with Gasteiger partial charge in [0.25, 0.3) is 0 Å². The van der Waals surface area contributed by atoms with Crippen LogP contribution in [0.4, 0.5) is 8.78 Å². The van der Waals surface area contributed by atoms with E-state index in [1.165, 1.54) is 6.92 Å². The molecule has 1 rings (SSSR count). The summed E-state index contributed by atoms with van der Waals surface area (Å²) >= 11 is 0. The molecule has 1 aromatic carbocycles. The highest BCUT2D eigenvalue weighted by atomic mass is 32.2. The number of benzene rings is 1. The molecule has 1 N–H and O–H groups in total. The van der Waals surface area contributed by atoms with Crippen LogP contribution in [0.1, 0.15) is 13.8 Å². The normalized spacial score (nSPS) is 15.1. The second-order valence-electron chi connectivity index (χ2n) is 3.95. The van der Waals surface area contributed by atoms with Crippen molar-refractivity contribution in [2.75, 3.05) is 0 Å². The number of carboxylic acid groups (broad SMARTS) is 1. The molecule has 0 aliphatic rings. The van der Waals surface area contributed by atoms with Crippen molar-refractivity contribution < 1.29 is 27.1 Å². The zero-order chi connectivity index (χ0) is 14.1. The third-order valence-corrected chi connectivity index (χ3v) is 5.10. The zero-order valence-corrected chi connectivity index (χ0v) is 10.5. The molecule has 0 saturated carbocycles. The summed E-state index contributed by atoms with van der Waals surface area (Å²) in [6.07, 6.45) is 0. The predicted octanol–water partition coefficient (Wildman–Crippen LogP) is 1.85. The van der Waals surface area contributed by atoms with Gasteiger partial charge in [0.15, 0.2) is 9.84 Å². The van der Waals surface area contributed by atoms with Crippen LogP contribution in [0.2, 0.25) is 0 Å². The van der Waals surface area contributed by atoms with Crippen LogP contribution in [-0.4, -0.2) is 24.7 Å². The minimum atomic E-state index is -4.23. The summed E-state index contributed by atoms with van der Waals surface area (Å²) in [5, 5.41) is 7.40. The Morgan fingerprint density at radius 3 is 2.33 bits per heavy atom. The molecule has 2 atom stereocenters. The fraction of sp³-hybridized carbons (Fsp3) is 0.364. The number of hydrogen-bond donors (Lipinski definition) is 1. The van der Waals surface area contributed by atoms with Gasteiger partial charge in [0.1, 0.15) is 16.5 Å². The topological polar surface area (TPSA) is 71.4 Å². The molecule has 0 aromatic heterocycles. The van der Waals surface area contributed by atoms with E-state index in [-0.39, 0.29) is 0 Å². The zero-order valence-electron chi connectivity index (χ0n) is 9.72. The molecule has 0 aliphatic carbocycles. The summed E-state index contributed by atoms with van der Waals surface area (Å²) in [5.41, 5.74) is 0. The van der Waals surface area contributed by atoms with Gasteiger partial charge in [-0.2, -0.15) is 0 Å². The molecule has 0 saturated heterocycles. The van der Waals surface area contributed by atoms with Crippen molar-refractivity contribution in [3.05, 3.63) is 29.8 Å². The van der Waals surface area contributed by atoms with Gasteiger partial charge in [0.05, 0.1) is 11.2 Å². The molecule has 1 aromatic rings. The highest BCUT2D eigenvalue weighted by Crippen LogP contribution is 2.24. The van der Waals surface area contributed by atoms with E-state index < -0.39 is 43.5 Å². The maximum atomic E-state index is 13.4. The third-order valence-electron chi connectivity index (χ3n) is 2.78. The summed E-state index contributed by atoms with van der Waals surface area (Å²) in [4.78, 5) is 9.92. The first-order chi connectivity index (χ1) is 8.17. The Hall–Kier alpha value is -1.50. The lowest BCUT2D eigenvalue weighted by molar-refractivity contribution is -0.141. The monoisotopic (exact) mass is 278 g/mol. The van der Waals surface area contributed by atoms with Gasteiger partial charge in [-0.15, -0.1) is 0 Å². The van der Waals surface area contributed by atoms with E-state index in [4.69, 9.17) is 5.11 Å². The average molecular weight is 278 g/mol. The summed E-state index contributed by atoms with van der Waals surface area (Å²) in [6.45, 7) is 2.35. The molecule has 0 spiro atoms. The van der Waals surface area contributed by atoms with Gasteiger partial charge >= 0.3 is 5.97 Å². The predicted molar refractivity (Wildman–Crippen MR) is 59.8 cm³/mol. The number of carboxylic acids is 1. The molecule has 100 valence electrons. The summed E-state index contributed by atoms with van der Waals surface area (Å²) < 4.78 is 50.3. The van der Waals surface area contributed by atoms with Crippen molar-refractivity contribution in [1.29, 1.82) is 0 Å². The molecule has 2 unspecified atom stereocenters. The minimum Gasteiger partial charge on any atom is -0.481 e. The van der Waals surface area contributed by atoms with Gasteiger partial charge in [-0.3, -0.25) is 4.79 Å². The van der Waals surface area contributed by atoms with E-state index in [2.05, 4.69) is 0 Å². The van der Waals surface area contributed by atoms with Crippen LogP contribution in [0, 0.1) is 17.6 Å². The van der Waals surface area contributed by atoms with Gasteiger partial charge in [-0.05, 0) is 25.1 Å². The molecular weight excluding hydrogens is 266 g/mol. The van der Waals surface area contributed by atoms with E-state index >= 15 is 0 Å². The van der Waals surface area contributed by atoms with Gasteiger partial charge in [0, 0.05) is 0 Å². The molecule has 0 amide bonds. The maximum Gasteiger partial charge on any atom is 0.307 e. The SMILES string of the molecule is CC(C(=O)O)C(C)S(=O)(=O)c1cc(F)ccc1F. The molecule has 0 fully saturated rings. The Labute approximate surface area is 103 Å². The molecule has 7 heteroatoms. The largest absolute Gasteiger partial charge is 0.481 e. The standard InChI is InChI=1S/C11H12F2O4S/c1-6(11(14)15)7(2)18(16,17)10-5-8(12)3-4-9(10)13/h3-7H,1-2H3,(H,14,15). The smallest absolute Gasteiger partial charge is 0.307 e. The molecular formula is C11H12F2O4S. The van der Waals surface area contributed by atoms with E-state index in [1.54, 1.807) is 0 Å². The van der Waals surface area contributed by atoms with Crippen LogP contribution in [0.15, 0.2) is 23.1 Å². The first-order valence-electron chi connectivity index (χ1n) is 5.09. The number of hydrogen-bond acceptors (Lipinski definition) is 3. The quantitative estimate of drug-likeness (QED) is 0.912. The highest BCUT2D eigenvalue weighted by molar-refractivity contribution is 7.92. The average Bonchev–Trinajstić information content (AvgIpc) is 2.29. The number of carbonyl (C=O) groups is 1. The lowest BCUT2D eigenvalue weighted by atomic mass is 10.1. The Kier molecular flexibility index (Phi) is 4.05. The lowest BCUT2D eigenvalue weighted by Gasteiger charge is -2.17. The van der Waals surface area contributed by atoms with Gasteiger partial charge in [-0.25, -0.2) is 17.2 Å². The van der Waals surface area contributed by atoms with Crippen LogP contribution in [0.3, 0.4) is 0 Å². The van der Waals surface area contributed by atoms with Crippen LogP contribution in [0.25, 0.3) is 0 Å². The Morgan fingerprint density at radius 2 is 1.83 bits per heavy atom. The fourth-order valence-electron chi connectivity index (χ4n) is 1.37. The maximum absolute atomic E-state index is 13.4. The number of rotatable bonds is 4. The number of halogens is 2. The van der Waals surface area contributed by atoms with Crippen molar-refractivity contribution in [2.45, 2.75) is 24.0 Å². The Balaban J connectivity index is 3.29. The molecule has 0 heterocycles. The van der Waals surface area contributed by atoms with Crippen LogP contribution in [0.5, 0.6) is 0 Å². The van der Waals surface area contributed by atoms with Crippen LogP contribution >= 0.6 is 0 Å². The number of sulfone groups is 1. The molecule has 4 nitrogen and oxygen atoms in total. The van der Waals surface area contributed by atoms with E-state index in [1.807, 2.05) is 0 Å². The first kappa shape index (κ1) is 14.6. The summed E-state index contributed by atoms with van der Waals surface area (Å²) in [7, 11) is -4.23. The molecule has 18 heavy (non-hydrogen) atoms. The molecule has 0 aliphatic heterocycles. The van der Waals surface area contributed by atoms with Crippen LogP contribution < -0.4 is 0 Å². The third kappa shape index (κ3) is 2.66. The van der Waals surface area contributed by atoms with Crippen molar-refractivity contribution in [2.24, 2.45) is 5.92 Å². The highest BCUT2D eigenvalue weighted by Gasteiger charge is 2.34. The second kappa shape index (κ2) is 5.01. The Bertz CT molecular complexity index is 568. The van der Waals surface area contributed by atoms with Crippen molar-refractivity contribution in [1.82, 2.24) is 0 Å². The van der Waals surface area contributed by atoms with Crippen molar-refractivity contribution in [3.8, 4) is 0 Å². The van der Waals surface area contributed by atoms with Gasteiger partial charge in [0.2, 0.25) is 0 Å². The van der Waals surface area contributed by atoms with Crippen molar-refractivity contribution in [3.63, 3.8) is 0 Å². The molecule has 0 bridgehead atoms. The fourth-order valence-corrected chi connectivity index (χ4v) is 3.04. The minimum absolute atomic E-state index is 0.551. The second-order valence-corrected chi connectivity index (χ2v) is 6.23. The summed E-state index contributed by atoms with van der Waals surface area (Å²) in [6, 6.07) is 2.04. The van der Waals surface area contributed by atoms with Crippen molar-refractivity contribution >= 4 is 15.8 Å². The van der Waals surface area contributed by atoms with E-state index in [9.17, 15) is 22.0 Å². The van der Waals surface area contributed by atoms with E-state index in [0.29, 0.717) is 12.1 Å². The van der Waals surface area contributed by atoms with E-state index in [0.717, 1.165) is 13.0 Å². The Morgan fingerprint density at radius 1 is 1.28 bits per heavy atom. The summed E-state index contributed by atoms with van der Waals surface area (Å²) in [5.74, 6) is -4.54. The van der Waals surface area contributed by atoms with Gasteiger partial charge in [-0.1, -0.05) is 6.92 Å². The first-order valence-corrected chi connectivity index (χ1v) is 6.64. The molecule has 0 radical (unpaired) electrons. The number of aliphatic carboxylic acids is 1.